The van der Waals surface area contributed by atoms with E-state index < -0.39 is 5.97 Å². The third-order valence-electron chi connectivity index (χ3n) is 6.72. The van der Waals surface area contributed by atoms with Gasteiger partial charge in [0.2, 0.25) is 5.89 Å². The summed E-state index contributed by atoms with van der Waals surface area (Å²) in [5, 5.41) is 10.4. The van der Waals surface area contributed by atoms with Gasteiger partial charge in [-0.15, -0.1) is 0 Å². The van der Waals surface area contributed by atoms with E-state index in [1.54, 1.807) is 42.6 Å². The number of rotatable bonds is 9. The second-order valence-electron chi connectivity index (χ2n) is 9.31. The summed E-state index contributed by atoms with van der Waals surface area (Å²) in [6.07, 6.45) is 4.92. The number of imidazole rings is 1. The summed E-state index contributed by atoms with van der Waals surface area (Å²) in [5.41, 5.74) is 2.86. The Balaban J connectivity index is 1.13. The van der Waals surface area contributed by atoms with Gasteiger partial charge in [0.1, 0.15) is 11.6 Å². The molecule has 1 saturated heterocycles. The Morgan fingerprint density at radius 1 is 1.21 bits per heavy atom. The van der Waals surface area contributed by atoms with Crippen LogP contribution in [0, 0.1) is 0 Å². The van der Waals surface area contributed by atoms with E-state index in [2.05, 4.69) is 20.5 Å². The molecule has 1 fully saturated rings. The molecule has 4 heterocycles. The molecular weight excluding hydrogens is 531 g/mol. The number of fused-ring (bicyclic) bond motifs is 1. The van der Waals surface area contributed by atoms with Crippen molar-refractivity contribution in [1.82, 2.24) is 19.4 Å². The molecule has 11 heteroatoms. The van der Waals surface area contributed by atoms with Crippen molar-refractivity contribution in [2.75, 3.05) is 19.7 Å². The van der Waals surface area contributed by atoms with Crippen LogP contribution in [-0.4, -0.2) is 56.3 Å². The minimum atomic E-state index is -0.956. The van der Waals surface area contributed by atoms with Gasteiger partial charge in [-0.2, -0.15) is 0 Å². The number of benzene rings is 2. The van der Waals surface area contributed by atoms with Crippen LogP contribution in [0.25, 0.3) is 16.6 Å². The maximum atomic E-state index is 11.5. The molecule has 1 atom stereocenters. The van der Waals surface area contributed by atoms with Crippen molar-refractivity contribution < 1.29 is 23.8 Å². The number of hydrogen-bond donors (Lipinski definition) is 1. The Bertz CT molecular complexity index is 1540. The van der Waals surface area contributed by atoms with Gasteiger partial charge in [-0.05, 0) is 42.8 Å². The summed E-state index contributed by atoms with van der Waals surface area (Å²) in [5.74, 6) is 1.56. The Hall–Kier alpha value is -3.37. The van der Waals surface area contributed by atoms with Crippen molar-refractivity contribution in [3.63, 3.8) is 0 Å². The number of carbonyl (C=O) groups is 1. The number of hydrogen-bond acceptors (Lipinski definition) is 7. The van der Waals surface area contributed by atoms with Gasteiger partial charge in [0, 0.05) is 30.3 Å². The number of aromatic nitrogens is 3. The molecule has 0 amide bonds. The largest absolute Gasteiger partial charge is 0.482 e. The third-order valence-corrected chi connectivity index (χ3v) is 7.25. The first-order valence-corrected chi connectivity index (χ1v) is 13.0. The van der Waals surface area contributed by atoms with Gasteiger partial charge in [-0.1, -0.05) is 29.3 Å². The fourth-order valence-electron chi connectivity index (χ4n) is 4.63. The molecule has 38 heavy (non-hydrogen) atoms. The van der Waals surface area contributed by atoms with Crippen LogP contribution in [0.15, 0.2) is 53.1 Å². The lowest BCUT2D eigenvalue weighted by atomic mass is 10.1. The van der Waals surface area contributed by atoms with E-state index in [1.165, 1.54) is 0 Å². The summed E-state index contributed by atoms with van der Waals surface area (Å²) in [4.78, 5) is 23.0. The maximum Gasteiger partial charge on any atom is 0.335 e. The molecule has 1 N–H and O–H groups in total. The zero-order chi connectivity index (χ0) is 26.2. The topological polar surface area (TPSA) is 103 Å². The van der Waals surface area contributed by atoms with Crippen LogP contribution in [0.1, 0.15) is 34.3 Å². The third kappa shape index (κ3) is 5.15. The van der Waals surface area contributed by atoms with Gasteiger partial charge in [0.05, 0.1) is 47.0 Å². The smallest absolute Gasteiger partial charge is 0.335 e. The van der Waals surface area contributed by atoms with E-state index in [-0.39, 0.29) is 18.3 Å². The van der Waals surface area contributed by atoms with Crippen LogP contribution in [0.3, 0.4) is 0 Å². The van der Waals surface area contributed by atoms with Crippen LogP contribution >= 0.6 is 23.2 Å². The van der Waals surface area contributed by atoms with Gasteiger partial charge >= 0.3 is 5.97 Å². The van der Waals surface area contributed by atoms with E-state index in [4.69, 9.17) is 42.1 Å². The Morgan fingerprint density at radius 2 is 2.08 bits per heavy atom. The van der Waals surface area contributed by atoms with Crippen molar-refractivity contribution in [2.24, 2.45) is 0 Å². The highest BCUT2D eigenvalue weighted by molar-refractivity contribution is 6.35. The summed E-state index contributed by atoms with van der Waals surface area (Å²) in [6, 6.07) is 10.1. The molecular formula is C27H24Cl2N4O5. The average molecular weight is 555 g/mol. The molecule has 0 aliphatic carbocycles. The molecule has 0 radical (unpaired) electrons. The van der Waals surface area contributed by atoms with Crippen LogP contribution in [0.2, 0.25) is 10.0 Å². The zero-order valence-corrected chi connectivity index (χ0v) is 21.8. The van der Waals surface area contributed by atoms with Gasteiger partial charge in [0.15, 0.2) is 12.4 Å². The summed E-state index contributed by atoms with van der Waals surface area (Å²) in [6.45, 7) is 3.54. The molecule has 2 aromatic heterocycles. The van der Waals surface area contributed by atoms with E-state index in [9.17, 15) is 9.90 Å². The van der Waals surface area contributed by atoms with E-state index in [1.807, 2.05) is 0 Å². The molecule has 196 valence electrons. The minimum Gasteiger partial charge on any atom is -0.482 e. The quantitative estimate of drug-likeness (QED) is 0.297. The fourth-order valence-corrected chi connectivity index (χ4v) is 5.09. The number of carboxylic acids is 1. The molecule has 6 rings (SSSR count). The van der Waals surface area contributed by atoms with Crippen molar-refractivity contribution in [3.8, 4) is 5.75 Å². The highest BCUT2D eigenvalue weighted by Crippen LogP contribution is 2.29. The first-order valence-electron chi connectivity index (χ1n) is 12.2. The fraction of sp³-hybridized carbons (Fsp3) is 0.296. The Kier molecular flexibility index (Phi) is 6.84. The average Bonchev–Trinajstić information content (AvgIpc) is 3.59. The Morgan fingerprint density at radius 3 is 2.84 bits per heavy atom. The molecule has 2 aliphatic heterocycles. The maximum absolute atomic E-state index is 11.5. The minimum absolute atomic E-state index is 0.115. The molecule has 2 aliphatic rings. The molecule has 9 nitrogen and oxygen atoms in total. The van der Waals surface area contributed by atoms with Crippen LogP contribution < -0.4 is 4.74 Å². The van der Waals surface area contributed by atoms with E-state index in [0.717, 1.165) is 42.0 Å². The van der Waals surface area contributed by atoms with Gasteiger partial charge in [-0.3, -0.25) is 4.90 Å². The molecule has 1 unspecified atom stereocenters. The first-order chi connectivity index (χ1) is 18.4. The molecule has 0 bridgehead atoms. The van der Waals surface area contributed by atoms with Crippen LogP contribution in [0.4, 0.5) is 0 Å². The normalized spacial score (nSPS) is 17.5. The van der Waals surface area contributed by atoms with Crippen LogP contribution in [-0.2, 0) is 24.4 Å². The number of nitrogens with zero attached hydrogens (tertiary/aromatic N) is 4. The molecule has 4 aromatic rings. The summed E-state index contributed by atoms with van der Waals surface area (Å²) >= 11 is 12.1. The van der Waals surface area contributed by atoms with Crippen LogP contribution in [0.5, 0.6) is 5.75 Å². The number of halogens is 2. The van der Waals surface area contributed by atoms with Gasteiger partial charge < -0.3 is 23.6 Å². The standard InChI is InChI=1S/C27H24Cl2N4O5/c28-18-2-4-23(20(29)10-18)37-15-26-30-11-24(38-26)17-5-7-32(12-17)14-25-31-21-3-1-16(27(34)35)9-22(21)33(25)13-19-6-8-36-19/h1-5,9-11,19H,6-8,12-15H2,(H,34,35). The molecule has 2 aromatic carbocycles. The van der Waals surface area contributed by atoms with Crippen molar-refractivity contribution in [3.05, 3.63) is 81.8 Å². The monoisotopic (exact) mass is 554 g/mol. The lowest BCUT2D eigenvalue weighted by molar-refractivity contribution is -0.0591. The second-order valence-corrected chi connectivity index (χ2v) is 10.2. The lowest BCUT2D eigenvalue weighted by Crippen LogP contribution is -2.32. The summed E-state index contributed by atoms with van der Waals surface area (Å²) in [7, 11) is 0. The highest BCUT2D eigenvalue weighted by atomic mass is 35.5. The van der Waals surface area contributed by atoms with E-state index in [0.29, 0.717) is 47.1 Å². The van der Waals surface area contributed by atoms with Crippen molar-refractivity contribution in [2.45, 2.75) is 32.2 Å². The van der Waals surface area contributed by atoms with Gasteiger partial charge in [-0.25, -0.2) is 14.8 Å². The number of oxazole rings is 1. The number of carboxylic acid groups (broad SMARTS) is 1. The molecule has 0 spiro atoms. The predicted molar refractivity (Wildman–Crippen MR) is 142 cm³/mol. The number of ether oxygens (including phenoxy) is 2. The van der Waals surface area contributed by atoms with Gasteiger partial charge in [0.25, 0.3) is 0 Å². The first kappa shape index (κ1) is 24.9. The second kappa shape index (κ2) is 10.4. The van der Waals surface area contributed by atoms with Crippen molar-refractivity contribution in [1.29, 1.82) is 0 Å². The highest BCUT2D eigenvalue weighted by Gasteiger charge is 2.25. The zero-order valence-electron chi connectivity index (χ0n) is 20.3. The van der Waals surface area contributed by atoms with E-state index >= 15 is 0 Å². The number of aromatic carboxylic acids is 1. The lowest BCUT2D eigenvalue weighted by Gasteiger charge is -2.28. The predicted octanol–water partition coefficient (Wildman–Crippen LogP) is 5.30. The Labute approximate surface area is 228 Å². The molecule has 0 saturated carbocycles. The van der Waals surface area contributed by atoms with Crippen molar-refractivity contribution >= 4 is 45.8 Å². The SMILES string of the molecule is O=C(O)c1ccc2nc(CN3CC=C(c4cnc(COc5ccc(Cl)cc5Cl)o4)C3)n(CC3CCO3)c2c1. The summed E-state index contributed by atoms with van der Waals surface area (Å²) < 4.78 is 19.4.